The van der Waals surface area contributed by atoms with E-state index in [1.54, 1.807) is 0 Å². The van der Waals surface area contributed by atoms with Gasteiger partial charge in [-0.2, -0.15) is 0 Å². The first-order valence-electron chi connectivity index (χ1n) is 26.3. The van der Waals surface area contributed by atoms with E-state index in [0.717, 1.165) is 28.1 Å². The predicted octanol–water partition coefficient (Wildman–Crippen LogP) is 18.9. The number of aromatic nitrogens is 2. The molecule has 0 aliphatic heterocycles. The molecule has 0 unspecified atom stereocenters. The van der Waals surface area contributed by atoms with E-state index in [9.17, 15) is 0 Å². The normalized spacial score (nSPS) is 14.9. The van der Waals surface area contributed by atoms with Gasteiger partial charge in [-0.15, -0.1) is 0 Å². The molecule has 2 nitrogen and oxygen atoms in total. The van der Waals surface area contributed by atoms with Crippen molar-refractivity contribution in [2.45, 2.75) is 57.8 Å². The molecule has 0 fully saturated rings. The van der Waals surface area contributed by atoms with Crippen molar-refractivity contribution in [3.05, 3.63) is 252 Å². The second-order valence-electron chi connectivity index (χ2n) is 22.7. The van der Waals surface area contributed by atoms with Crippen LogP contribution in [-0.2, 0) is 16.2 Å². The van der Waals surface area contributed by atoms with E-state index >= 15 is 0 Å². The molecule has 1 heterocycles. The SMILES string of the molecule is CC1(C)c2ccccc2-c2ccc(-c3c4ccccc4c(-c4ccc5c(c4)C(C)(C)c4ccccc4-5)c4cc5c(cc34)-c3ccc(-c4ccc(-c6nc7ccccc7n6-c6ccccc6)cc4)cc3C5(C)C)cc21. The molecule has 3 aliphatic carbocycles. The summed E-state index contributed by atoms with van der Waals surface area (Å²) in [7, 11) is 0. The van der Waals surface area contributed by atoms with Crippen LogP contribution in [0.15, 0.2) is 218 Å². The van der Waals surface area contributed by atoms with Crippen LogP contribution in [0.25, 0.3) is 116 Å². The van der Waals surface area contributed by atoms with Gasteiger partial charge in [0.15, 0.2) is 0 Å². The third kappa shape index (κ3) is 5.91. The summed E-state index contributed by atoms with van der Waals surface area (Å²) in [6.07, 6.45) is 0. The van der Waals surface area contributed by atoms with Gasteiger partial charge < -0.3 is 0 Å². The van der Waals surface area contributed by atoms with Gasteiger partial charge in [0.2, 0.25) is 0 Å². The molecule has 0 radical (unpaired) electrons. The third-order valence-electron chi connectivity index (χ3n) is 17.6. The van der Waals surface area contributed by atoms with E-state index in [4.69, 9.17) is 4.98 Å². The maximum atomic E-state index is 5.17. The largest absolute Gasteiger partial charge is 0.292 e. The van der Waals surface area contributed by atoms with Crippen molar-refractivity contribution in [2.24, 2.45) is 0 Å². The Balaban J connectivity index is 0.918. The highest BCUT2D eigenvalue weighted by atomic mass is 15.1. The van der Waals surface area contributed by atoms with Crippen LogP contribution in [-0.4, -0.2) is 9.55 Å². The summed E-state index contributed by atoms with van der Waals surface area (Å²) >= 11 is 0. The standard InChI is InChI=1S/C72H54N2/c1-70(2)59-24-14-12-20-49(59)51-36-33-46(39-62(51)70)67-54-22-10-11-23-55(54)68(47-34-37-52-50-21-13-15-25-60(50)71(3,4)63(52)40-47)58-42-64-56(41-57(58)67)53-35-32-45(38-61(53)72(64,5)6)43-28-30-44(31-29-43)69-73-65-26-16-17-27-66(65)74(69)48-18-8-7-9-19-48/h7-42H,1-6H3. The molecule has 0 spiro atoms. The first-order valence-corrected chi connectivity index (χ1v) is 26.3. The van der Waals surface area contributed by atoms with Crippen molar-refractivity contribution in [1.82, 2.24) is 9.55 Å². The Morgan fingerprint density at radius 2 is 0.716 bits per heavy atom. The number of nitrogens with zero attached hydrogens (tertiary/aromatic N) is 2. The molecule has 3 aliphatic rings. The number of imidazole rings is 1. The fraction of sp³-hybridized carbons (Fsp3) is 0.125. The molecule has 2 heteroatoms. The van der Waals surface area contributed by atoms with E-state index in [1.807, 2.05) is 0 Å². The van der Waals surface area contributed by atoms with Crippen molar-refractivity contribution in [1.29, 1.82) is 0 Å². The second-order valence-corrected chi connectivity index (χ2v) is 22.7. The lowest BCUT2D eigenvalue weighted by Crippen LogP contribution is -2.15. The summed E-state index contributed by atoms with van der Waals surface area (Å²) < 4.78 is 2.28. The van der Waals surface area contributed by atoms with E-state index in [0.29, 0.717) is 0 Å². The van der Waals surface area contributed by atoms with Crippen LogP contribution in [0.1, 0.15) is 74.9 Å². The third-order valence-corrected chi connectivity index (χ3v) is 17.6. The highest BCUT2D eigenvalue weighted by Crippen LogP contribution is 2.57. The minimum atomic E-state index is -0.261. The summed E-state index contributed by atoms with van der Waals surface area (Å²) in [4.78, 5) is 5.17. The predicted molar refractivity (Wildman–Crippen MR) is 311 cm³/mol. The van der Waals surface area contributed by atoms with Gasteiger partial charge in [-0.05, 0) is 176 Å². The van der Waals surface area contributed by atoms with Crippen molar-refractivity contribution in [3.8, 4) is 83.8 Å². The Bertz CT molecular complexity index is 4370. The average molecular weight is 947 g/mol. The number of fused-ring (bicyclic) bond motifs is 12. The van der Waals surface area contributed by atoms with Crippen LogP contribution in [0, 0.1) is 0 Å². The lowest BCUT2D eigenvalue weighted by Gasteiger charge is -2.25. The molecule has 352 valence electrons. The highest BCUT2D eigenvalue weighted by Gasteiger charge is 2.39. The van der Waals surface area contributed by atoms with Gasteiger partial charge >= 0.3 is 0 Å². The molecular formula is C72H54N2. The number of hydrogen-bond acceptors (Lipinski definition) is 1. The topological polar surface area (TPSA) is 17.8 Å². The van der Waals surface area contributed by atoms with Gasteiger partial charge in [-0.3, -0.25) is 4.57 Å². The second kappa shape index (κ2) is 15.2. The number of hydrogen-bond donors (Lipinski definition) is 0. The van der Waals surface area contributed by atoms with Crippen LogP contribution in [0.5, 0.6) is 0 Å². The molecule has 0 saturated heterocycles. The van der Waals surface area contributed by atoms with E-state index in [1.165, 1.54) is 122 Å². The minimum Gasteiger partial charge on any atom is -0.292 e. The molecule has 0 saturated carbocycles. The van der Waals surface area contributed by atoms with Crippen LogP contribution in [0.2, 0.25) is 0 Å². The summed E-state index contributed by atoms with van der Waals surface area (Å²) in [5.41, 5.74) is 27.6. The van der Waals surface area contributed by atoms with Crippen LogP contribution in [0.3, 0.4) is 0 Å². The van der Waals surface area contributed by atoms with Crippen molar-refractivity contribution in [3.63, 3.8) is 0 Å². The molecule has 15 rings (SSSR count). The number of benzene rings is 11. The average Bonchev–Trinajstić information content (AvgIpc) is 4.09. The Labute approximate surface area is 433 Å². The zero-order valence-electron chi connectivity index (χ0n) is 42.7. The summed E-state index contributed by atoms with van der Waals surface area (Å²) in [5.74, 6) is 0.940. The van der Waals surface area contributed by atoms with Gasteiger partial charge in [-0.1, -0.05) is 205 Å². The molecular weight excluding hydrogens is 893 g/mol. The fourth-order valence-electron chi connectivity index (χ4n) is 13.8. The number of para-hydroxylation sites is 3. The molecule has 0 amide bonds. The summed E-state index contributed by atoms with van der Waals surface area (Å²) in [5, 5.41) is 5.15. The van der Waals surface area contributed by atoms with Gasteiger partial charge in [0.1, 0.15) is 5.82 Å². The zero-order chi connectivity index (χ0) is 49.8. The monoisotopic (exact) mass is 946 g/mol. The van der Waals surface area contributed by atoms with Gasteiger partial charge in [0, 0.05) is 27.5 Å². The fourth-order valence-corrected chi connectivity index (χ4v) is 13.8. The molecule has 74 heavy (non-hydrogen) atoms. The first kappa shape index (κ1) is 43.0. The van der Waals surface area contributed by atoms with Crippen molar-refractivity contribution in [2.75, 3.05) is 0 Å². The molecule has 1 aromatic heterocycles. The summed E-state index contributed by atoms with van der Waals surface area (Å²) in [6.45, 7) is 14.4. The lowest BCUT2D eigenvalue weighted by molar-refractivity contribution is 0.660. The minimum absolute atomic E-state index is 0.121. The maximum absolute atomic E-state index is 5.17. The van der Waals surface area contributed by atoms with E-state index in [2.05, 4.69) is 264 Å². The van der Waals surface area contributed by atoms with Crippen LogP contribution >= 0.6 is 0 Å². The zero-order valence-corrected chi connectivity index (χ0v) is 42.7. The molecule has 0 N–H and O–H groups in total. The Morgan fingerprint density at radius 3 is 1.32 bits per heavy atom. The Morgan fingerprint density at radius 1 is 0.297 bits per heavy atom. The molecule has 12 aromatic rings. The first-order chi connectivity index (χ1) is 36.0. The quantitative estimate of drug-likeness (QED) is 0.157. The van der Waals surface area contributed by atoms with Gasteiger partial charge in [0.05, 0.1) is 11.0 Å². The van der Waals surface area contributed by atoms with E-state index in [-0.39, 0.29) is 16.2 Å². The van der Waals surface area contributed by atoms with Crippen LogP contribution in [0.4, 0.5) is 0 Å². The molecule has 11 aromatic carbocycles. The van der Waals surface area contributed by atoms with Gasteiger partial charge in [-0.25, -0.2) is 4.98 Å². The van der Waals surface area contributed by atoms with Crippen molar-refractivity contribution >= 4 is 32.6 Å². The smallest absolute Gasteiger partial charge is 0.145 e. The molecule has 0 atom stereocenters. The molecule has 0 bridgehead atoms. The maximum Gasteiger partial charge on any atom is 0.145 e. The van der Waals surface area contributed by atoms with E-state index < -0.39 is 0 Å². The van der Waals surface area contributed by atoms with Gasteiger partial charge in [0.25, 0.3) is 0 Å². The Hall–Kier alpha value is -8.59. The Kier molecular flexibility index (Phi) is 8.86. The van der Waals surface area contributed by atoms with Crippen molar-refractivity contribution < 1.29 is 0 Å². The summed E-state index contributed by atoms with van der Waals surface area (Å²) in [6, 6.07) is 82.1. The van der Waals surface area contributed by atoms with Crippen LogP contribution < -0.4 is 0 Å². The highest BCUT2D eigenvalue weighted by molar-refractivity contribution is 6.23. The lowest BCUT2D eigenvalue weighted by atomic mass is 9.77. The number of rotatable bonds is 5.